The molecule has 1 aliphatic heterocycles. The van der Waals surface area contributed by atoms with E-state index in [0.29, 0.717) is 37.4 Å². The molecule has 6 rings (SSSR count). The number of carbonyl (C=O) groups is 1. The van der Waals surface area contributed by atoms with E-state index < -0.39 is 17.7 Å². The third kappa shape index (κ3) is 9.57. The fraction of sp³-hybridized carbons (Fsp3) is 0.556. The first-order valence-electron chi connectivity index (χ1n) is 20.5. The van der Waals surface area contributed by atoms with Gasteiger partial charge in [0.05, 0.1) is 38.1 Å². The smallest absolute Gasteiger partial charge is 0.239 e. The number of unbranched alkanes of at least 4 members (excludes halogenated alkanes) is 2. The number of fused-ring (bicyclic) bond motifs is 2. The topological polar surface area (TPSA) is 140 Å². The normalized spacial score (nSPS) is 25.7. The zero-order chi connectivity index (χ0) is 39.3. The predicted octanol–water partition coefficient (Wildman–Crippen LogP) is 6.33. The lowest BCUT2D eigenvalue weighted by Gasteiger charge is -2.60. The summed E-state index contributed by atoms with van der Waals surface area (Å²) in [6.45, 7) is 9.47. The van der Waals surface area contributed by atoms with E-state index in [9.17, 15) is 20.1 Å². The summed E-state index contributed by atoms with van der Waals surface area (Å²) >= 11 is 0. The average Bonchev–Trinajstić information content (AvgIpc) is 4.07. The van der Waals surface area contributed by atoms with Crippen molar-refractivity contribution in [3.8, 4) is 11.5 Å². The molecule has 2 saturated carbocycles. The van der Waals surface area contributed by atoms with Gasteiger partial charge in [0.1, 0.15) is 30.8 Å². The Balaban J connectivity index is 1.56. The van der Waals surface area contributed by atoms with Gasteiger partial charge in [-0.05, 0) is 79.7 Å². The third-order valence-electron chi connectivity index (χ3n) is 11.6. The van der Waals surface area contributed by atoms with Crippen LogP contribution in [-0.4, -0.2) is 96.5 Å². The van der Waals surface area contributed by atoms with Crippen LogP contribution in [0.4, 0.5) is 0 Å². The Morgan fingerprint density at radius 1 is 0.946 bits per heavy atom. The van der Waals surface area contributed by atoms with E-state index in [4.69, 9.17) is 28.9 Å². The van der Waals surface area contributed by atoms with Crippen molar-refractivity contribution in [2.45, 2.75) is 82.1 Å². The lowest BCUT2D eigenvalue weighted by atomic mass is 9.55. The van der Waals surface area contributed by atoms with Gasteiger partial charge in [0, 0.05) is 43.6 Å². The monoisotopic (exact) mass is 772 g/mol. The van der Waals surface area contributed by atoms with Crippen LogP contribution >= 0.6 is 0 Å². The molecule has 6 unspecified atom stereocenters. The summed E-state index contributed by atoms with van der Waals surface area (Å²) in [5.74, 6) is -0.390. The van der Waals surface area contributed by atoms with E-state index in [0.717, 1.165) is 60.9 Å². The molecule has 0 bridgehead atoms. The minimum Gasteiger partial charge on any atom is -0.490 e. The summed E-state index contributed by atoms with van der Waals surface area (Å²) in [5.41, 5.74) is 3.71. The second kappa shape index (κ2) is 20.4. The molecular weight excluding hydrogens is 713 g/mol. The van der Waals surface area contributed by atoms with Gasteiger partial charge in [-0.15, -0.1) is 6.58 Å². The van der Waals surface area contributed by atoms with Gasteiger partial charge in [-0.2, -0.15) is 0 Å². The number of oxime groups is 1. The van der Waals surface area contributed by atoms with E-state index in [1.807, 2.05) is 47.4 Å². The van der Waals surface area contributed by atoms with E-state index >= 15 is 0 Å². The number of aliphatic hydroxyl groups excluding tert-OH is 3. The van der Waals surface area contributed by atoms with Crippen LogP contribution in [0, 0.1) is 23.7 Å². The maximum Gasteiger partial charge on any atom is 0.239 e. The zero-order valence-electron chi connectivity index (χ0n) is 32.6. The molecule has 0 spiro atoms. The largest absolute Gasteiger partial charge is 0.490 e. The number of amides is 1. The van der Waals surface area contributed by atoms with Crippen molar-refractivity contribution in [2.24, 2.45) is 28.8 Å². The maximum atomic E-state index is 14.5. The van der Waals surface area contributed by atoms with Crippen LogP contribution in [0.5, 0.6) is 11.5 Å². The van der Waals surface area contributed by atoms with Crippen LogP contribution in [0.1, 0.15) is 74.8 Å². The van der Waals surface area contributed by atoms with Gasteiger partial charge in [0.15, 0.2) is 0 Å². The molecular formula is C45H60N2O9. The minimum absolute atomic E-state index is 0.0254. The molecule has 2 aromatic rings. The summed E-state index contributed by atoms with van der Waals surface area (Å²) in [6.07, 6.45) is 12.5. The molecule has 2 aromatic carbocycles. The van der Waals surface area contributed by atoms with Crippen molar-refractivity contribution >= 4 is 11.6 Å². The minimum atomic E-state index is -1.34. The SMILES string of the molecule is C=CCOc1ccc2c(c1)C1C(CCCCO)C(CCCCO)C=C3C(=NOCc4ccccc4)CC(N(CCOCCO)C(=O)C4CC4)C(OCC=C)(O2)C31. The zero-order valence-corrected chi connectivity index (χ0v) is 32.6. The highest BCUT2D eigenvalue weighted by molar-refractivity contribution is 6.03. The van der Waals surface area contributed by atoms with Crippen LogP contribution in [0.2, 0.25) is 0 Å². The van der Waals surface area contributed by atoms with Gasteiger partial charge in [-0.3, -0.25) is 4.79 Å². The van der Waals surface area contributed by atoms with Crippen LogP contribution in [-0.2, 0) is 25.7 Å². The second-order valence-corrected chi connectivity index (χ2v) is 15.3. The molecule has 6 atom stereocenters. The molecule has 3 aliphatic carbocycles. The Hall–Kier alpha value is -4.00. The standard InChI is InChI=1S/C45H60N2O9/c1-3-24-53-35-18-19-40-38(29-35)42-36(15-9-11-22-49)34(14-8-10-21-48)28-37-39(46-55-31-32-12-6-5-7-13-32)30-41(45(56-40,43(37)42)54-25-4-2)47(20-26-52-27-23-50)44(51)33-16-17-33/h3-7,12-13,18-19,28-29,33-34,36,41-43,48-50H,1-2,8-11,14-17,20-27,30-31H2. The van der Waals surface area contributed by atoms with Crippen LogP contribution < -0.4 is 9.47 Å². The quantitative estimate of drug-likeness (QED) is 0.0635. The number of aliphatic hydroxyl groups is 3. The summed E-state index contributed by atoms with van der Waals surface area (Å²) in [5, 5.41) is 34.1. The highest BCUT2D eigenvalue weighted by atomic mass is 16.7. The fourth-order valence-electron chi connectivity index (χ4n) is 8.97. The highest BCUT2D eigenvalue weighted by Gasteiger charge is 2.65. The van der Waals surface area contributed by atoms with Gasteiger partial charge in [-0.25, -0.2) is 0 Å². The van der Waals surface area contributed by atoms with Crippen molar-refractivity contribution in [1.29, 1.82) is 0 Å². The number of allylic oxidation sites excluding steroid dienone is 1. The molecule has 1 heterocycles. The van der Waals surface area contributed by atoms with E-state index in [2.05, 4.69) is 25.3 Å². The number of rotatable bonds is 24. The molecule has 11 nitrogen and oxygen atoms in total. The number of nitrogens with zero attached hydrogens (tertiary/aromatic N) is 2. The Labute approximate surface area is 331 Å². The van der Waals surface area contributed by atoms with Crippen LogP contribution in [0.25, 0.3) is 0 Å². The number of hydrogen-bond donors (Lipinski definition) is 3. The summed E-state index contributed by atoms with van der Waals surface area (Å²) < 4.78 is 26.2. The summed E-state index contributed by atoms with van der Waals surface area (Å²) in [7, 11) is 0. The van der Waals surface area contributed by atoms with Gasteiger partial charge < -0.3 is 44.0 Å². The first kappa shape index (κ1) is 41.6. The van der Waals surface area contributed by atoms with E-state index in [-0.39, 0.29) is 82.4 Å². The Morgan fingerprint density at radius 2 is 1.71 bits per heavy atom. The Bertz CT molecular complexity index is 1660. The van der Waals surface area contributed by atoms with E-state index in [1.54, 1.807) is 12.2 Å². The van der Waals surface area contributed by atoms with Crippen molar-refractivity contribution in [1.82, 2.24) is 4.90 Å². The molecule has 4 aliphatic rings. The van der Waals surface area contributed by atoms with Gasteiger partial charge >= 0.3 is 0 Å². The molecule has 56 heavy (non-hydrogen) atoms. The highest BCUT2D eigenvalue weighted by Crippen LogP contribution is 2.62. The van der Waals surface area contributed by atoms with Crippen molar-refractivity contribution in [3.05, 3.63) is 96.6 Å². The van der Waals surface area contributed by atoms with E-state index in [1.165, 1.54) is 0 Å². The van der Waals surface area contributed by atoms with Gasteiger partial charge in [0.25, 0.3) is 0 Å². The number of ether oxygens (including phenoxy) is 4. The van der Waals surface area contributed by atoms with Crippen molar-refractivity contribution in [2.75, 3.05) is 52.8 Å². The van der Waals surface area contributed by atoms with Crippen molar-refractivity contribution in [3.63, 3.8) is 0 Å². The van der Waals surface area contributed by atoms with Crippen molar-refractivity contribution < 1.29 is 43.9 Å². The molecule has 11 heteroatoms. The summed E-state index contributed by atoms with van der Waals surface area (Å²) in [4.78, 5) is 22.5. The molecule has 0 radical (unpaired) electrons. The van der Waals surface area contributed by atoms with Crippen LogP contribution in [0.15, 0.2) is 90.6 Å². The summed E-state index contributed by atoms with van der Waals surface area (Å²) in [6, 6.07) is 15.2. The molecule has 1 amide bonds. The maximum absolute atomic E-state index is 14.5. The number of hydrogen-bond acceptors (Lipinski definition) is 10. The van der Waals surface area contributed by atoms with Gasteiger partial charge in [0.2, 0.25) is 11.7 Å². The predicted molar refractivity (Wildman–Crippen MR) is 214 cm³/mol. The lowest BCUT2D eigenvalue weighted by Crippen LogP contribution is -2.70. The second-order valence-electron chi connectivity index (χ2n) is 15.3. The molecule has 2 fully saturated rings. The fourth-order valence-corrected chi connectivity index (χ4v) is 8.97. The molecule has 0 aromatic heterocycles. The molecule has 0 saturated heterocycles. The molecule has 304 valence electrons. The first-order valence-corrected chi connectivity index (χ1v) is 20.5. The number of benzene rings is 2. The lowest BCUT2D eigenvalue weighted by molar-refractivity contribution is -0.258. The first-order chi connectivity index (χ1) is 27.5. The molecule has 3 N–H and O–H groups in total. The Kier molecular flexibility index (Phi) is 15.2. The number of carbonyl (C=O) groups excluding carboxylic acids is 1. The Morgan fingerprint density at radius 3 is 2.43 bits per heavy atom. The van der Waals surface area contributed by atoms with Gasteiger partial charge in [-0.1, -0.05) is 73.1 Å². The third-order valence-corrected chi connectivity index (χ3v) is 11.6. The average molecular weight is 773 g/mol. The van der Waals surface area contributed by atoms with Crippen LogP contribution in [0.3, 0.4) is 0 Å².